The van der Waals surface area contributed by atoms with Crippen LogP contribution in [0.1, 0.15) is 52.3 Å². The van der Waals surface area contributed by atoms with E-state index in [1.165, 1.54) is 31.5 Å². The molecule has 1 saturated carbocycles. The lowest BCUT2D eigenvalue weighted by Crippen LogP contribution is -2.42. The van der Waals surface area contributed by atoms with Crippen LogP contribution >= 0.6 is 0 Å². The summed E-state index contributed by atoms with van der Waals surface area (Å²) in [7, 11) is 0. The third-order valence-electron chi connectivity index (χ3n) is 4.11. The molecule has 1 aliphatic rings. The minimum atomic E-state index is 0.441. The van der Waals surface area contributed by atoms with Crippen molar-refractivity contribution in [1.29, 1.82) is 0 Å². The van der Waals surface area contributed by atoms with Gasteiger partial charge in [0.05, 0.1) is 0 Å². The molecule has 0 radical (unpaired) electrons. The van der Waals surface area contributed by atoms with Crippen molar-refractivity contribution in [2.75, 3.05) is 13.1 Å². The van der Waals surface area contributed by atoms with Crippen LogP contribution in [-0.2, 0) is 13.0 Å². The molecule has 0 saturated heterocycles. The number of nitrogens with one attached hydrogen (secondary N) is 1. The second kappa shape index (κ2) is 6.51. The van der Waals surface area contributed by atoms with Gasteiger partial charge in [-0.2, -0.15) is 5.10 Å². The highest BCUT2D eigenvalue weighted by molar-refractivity contribution is 4.99. The van der Waals surface area contributed by atoms with Crippen LogP contribution in [0.15, 0.2) is 6.33 Å². The maximum Gasteiger partial charge on any atom is 0.138 e. The molecule has 1 aromatic rings. The largest absolute Gasteiger partial charge is 0.316 e. The van der Waals surface area contributed by atoms with Crippen molar-refractivity contribution >= 4 is 0 Å². The summed E-state index contributed by atoms with van der Waals surface area (Å²) in [5.74, 6) is 1.79. The predicted octanol–water partition coefficient (Wildman–Crippen LogP) is 2.65. The summed E-state index contributed by atoms with van der Waals surface area (Å²) in [5.41, 5.74) is 0.441. The molecule has 1 aliphatic carbocycles. The van der Waals surface area contributed by atoms with Crippen LogP contribution < -0.4 is 5.32 Å². The van der Waals surface area contributed by atoms with E-state index in [2.05, 4.69) is 40.9 Å². The van der Waals surface area contributed by atoms with Crippen LogP contribution in [-0.4, -0.2) is 27.9 Å². The van der Waals surface area contributed by atoms with E-state index in [0.29, 0.717) is 11.3 Å². The van der Waals surface area contributed by atoms with E-state index in [1.807, 2.05) is 0 Å². The molecule has 0 spiro atoms. The minimum Gasteiger partial charge on any atom is -0.316 e. The fourth-order valence-corrected chi connectivity index (χ4v) is 2.88. The van der Waals surface area contributed by atoms with Gasteiger partial charge in [-0.05, 0) is 37.1 Å². The fourth-order valence-electron chi connectivity index (χ4n) is 2.88. The van der Waals surface area contributed by atoms with Crippen LogP contribution in [0.3, 0.4) is 0 Å². The van der Waals surface area contributed by atoms with Crippen molar-refractivity contribution in [3.05, 3.63) is 12.2 Å². The molecule has 1 N–H and O–H groups in total. The summed E-state index contributed by atoms with van der Waals surface area (Å²) in [4.78, 5) is 4.49. The Labute approximate surface area is 117 Å². The van der Waals surface area contributed by atoms with Gasteiger partial charge < -0.3 is 5.32 Å². The molecule has 1 fully saturated rings. The Morgan fingerprint density at radius 3 is 2.79 bits per heavy atom. The number of nitrogens with zero attached hydrogens (tertiary/aromatic N) is 3. The smallest absolute Gasteiger partial charge is 0.138 e. The molecule has 1 aromatic heterocycles. The Kier molecular flexibility index (Phi) is 4.97. The molecule has 0 aromatic carbocycles. The molecule has 0 amide bonds. The van der Waals surface area contributed by atoms with Crippen molar-refractivity contribution in [2.45, 2.75) is 59.4 Å². The van der Waals surface area contributed by atoms with Crippen molar-refractivity contribution in [1.82, 2.24) is 20.1 Å². The first kappa shape index (κ1) is 14.5. The summed E-state index contributed by atoms with van der Waals surface area (Å²) in [6.07, 6.45) is 8.03. The standard InChI is InChI=1S/C15H28N4/c1-4-8-16-11-15(6-5-7-15)9-14-17-12-18-19(14)10-13(2)3/h12-13,16H,4-11H2,1-3H3. The topological polar surface area (TPSA) is 42.7 Å². The number of aromatic nitrogens is 3. The molecule has 0 bridgehead atoms. The molecular weight excluding hydrogens is 236 g/mol. The van der Waals surface area contributed by atoms with Crippen LogP contribution in [0.25, 0.3) is 0 Å². The zero-order valence-corrected chi connectivity index (χ0v) is 12.7. The monoisotopic (exact) mass is 264 g/mol. The summed E-state index contributed by atoms with van der Waals surface area (Å²) in [6.45, 7) is 9.92. The van der Waals surface area contributed by atoms with Crippen molar-refractivity contribution in [3.8, 4) is 0 Å². The Balaban J connectivity index is 1.96. The maximum atomic E-state index is 4.49. The van der Waals surface area contributed by atoms with E-state index in [9.17, 15) is 0 Å². The van der Waals surface area contributed by atoms with Gasteiger partial charge in [0.25, 0.3) is 0 Å². The Bertz CT molecular complexity index is 379. The molecule has 2 rings (SSSR count). The highest BCUT2D eigenvalue weighted by Crippen LogP contribution is 2.42. The molecule has 0 unspecified atom stereocenters. The van der Waals surface area contributed by atoms with E-state index in [1.54, 1.807) is 6.33 Å². The predicted molar refractivity (Wildman–Crippen MR) is 78.0 cm³/mol. The van der Waals surface area contributed by atoms with E-state index in [-0.39, 0.29) is 0 Å². The molecule has 1 heterocycles. The van der Waals surface area contributed by atoms with E-state index >= 15 is 0 Å². The summed E-state index contributed by atoms with van der Waals surface area (Å²) in [5, 5.41) is 7.97. The second-order valence-electron chi connectivity index (χ2n) is 6.46. The first-order chi connectivity index (χ1) is 9.15. The van der Waals surface area contributed by atoms with Crippen molar-refractivity contribution in [2.24, 2.45) is 11.3 Å². The molecule has 108 valence electrons. The molecular formula is C15H28N4. The molecule has 0 aliphatic heterocycles. The van der Waals surface area contributed by atoms with Crippen molar-refractivity contribution in [3.63, 3.8) is 0 Å². The van der Waals surface area contributed by atoms with Gasteiger partial charge in [-0.3, -0.25) is 0 Å². The Hall–Kier alpha value is -0.900. The van der Waals surface area contributed by atoms with E-state index in [4.69, 9.17) is 0 Å². The van der Waals surface area contributed by atoms with Gasteiger partial charge in [-0.1, -0.05) is 27.2 Å². The SMILES string of the molecule is CCCNCC1(Cc2ncnn2CC(C)C)CCC1. The first-order valence-corrected chi connectivity index (χ1v) is 7.72. The second-order valence-corrected chi connectivity index (χ2v) is 6.46. The Morgan fingerprint density at radius 1 is 1.42 bits per heavy atom. The van der Waals surface area contributed by atoms with Gasteiger partial charge in [0.2, 0.25) is 0 Å². The molecule has 4 heteroatoms. The van der Waals surface area contributed by atoms with Crippen LogP contribution in [0.4, 0.5) is 0 Å². The number of hydrogen-bond donors (Lipinski definition) is 1. The zero-order chi connectivity index (χ0) is 13.7. The quantitative estimate of drug-likeness (QED) is 0.734. The van der Waals surface area contributed by atoms with E-state index in [0.717, 1.165) is 26.1 Å². The number of rotatable bonds is 8. The van der Waals surface area contributed by atoms with Crippen LogP contribution in [0.2, 0.25) is 0 Å². The van der Waals surface area contributed by atoms with Gasteiger partial charge in [-0.15, -0.1) is 0 Å². The minimum absolute atomic E-state index is 0.441. The van der Waals surface area contributed by atoms with Crippen molar-refractivity contribution < 1.29 is 0 Å². The summed E-state index contributed by atoms with van der Waals surface area (Å²) >= 11 is 0. The lowest BCUT2D eigenvalue weighted by molar-refractivity contribution is 0.125. The average molecular weight is 264 g/mol. The van der Waals surface area contributed by atoms with Gasteiger partial charge in [0, 0.05) is 19.5 Å². The van der Waals surface area contributed by atoms with Gasteiger partial charge in [0.1, 0.15) is 12.2 Å². The van der Waals surface area contributed by atoms with Gasteiger partial charge >= 0.3 is 0 Å². The lowest BCUT2D eigenvalue weighted by Gasteiger charge is -2.42. The fraction of sp³-hybridized carbons (Fsp3) is 0.867. The zero-order valence-electron chi connectivity index (χ0n) is 12.7. The Morgan fingerprint density at radius 2 is 2.21 bits per heavy atom. The van der Waals surface area contributed by atoms with Gasteiger partial charge in [0.15, 0.2) is 0 Å². The van der Waals surface area contributed by atoms with Crippen LogP contribution in [0.5, 0.6) is 0 Å². The van der Waals surface area contributed by atoms with Crippen LogP contribution in [0, 0.1) is 11.3 Å². The molecule has 4 nitrogen and oxygen atoms in total. The molecule has 0 atom stereocenters. The first-order valence-electron chi connectivity index (χ1n) is 7.72. The van der Waals surface area contributed by atoms with Gasteiger partial charge in [-0.25, -0.2) is 9.67 Å². The maximum absolute atomic E-state index is 4.49. The number of hydrogen-bond acceptors (Lipinski definition) is 3. The highest BCUT2D eigenvalue weighted by atomic mass is 15.3. The lowest BCUT2D eigenvalue weighted by atomic mass is 9.66. The third-order valence-corrected chi connectivity index (χ3v) is 4.11. The summed E-state index contributed by atoms with van der Waals surface area (Å²) < 4.78 is 2.10. The summed E-state index contributed by atoms with van der Waals surface area (Å²) in [6, 6.07) is 0. The third kappa shape index (κ3) is 3.78. The molecule has 19 heavy (non-hydrogen) atoms. The van der Waals surface area contributed by atoms with E-state index < -0.39 is 0 Å². The normalized spacial score (nSPS) is 17.7. The average Bonchev–Trinajstić information content (AvgIpc) is 2.72. The highest BCUT2D eigenvalue weighted by Gasteiger charge is 2.37.